The Balaban J connectivity index is 0.000000722. The number of carboxylic acids is 2. The van der Waals surface area contributed by atoms with E-state index in [9.17, 15) is 19.8 Å². The molecular weight excluding hydrogens is 512 g/mol. The molecule has 0 bridgehead atoms. The van der Waals surface area contributed by atoms with Crippen molar-refractivity contribution < 1.29 is 19.8 Å². The molecule has 0 radical (unpaired) electrons. The van der Waals surface area contributed by atoms with Crippen molar-refractivity contribution in [3.63, 3.8) is 0 Å². The SMILES string of the molecule is CCCCCCCCC(C)(C(=O)[O-])c1ccccc1.CCCCCCCCC(C)(C(=O)[O-])c1ccccc1.[Ca+2]. The van der Waals surface area contributed by atoms with E-state index >= 15 is 0 Å². The summed E-state index contributed by atoms with van der Waals surface area (Å²) in [4.78, 5) is 23.0. The molecule has 0 heterocycles. The molecule has 212 valence electrons. The quantitative estimate of drug-likeness (QED) is 0.153. The van der Waals surface area contributed by atoms with Crippen LogP contribution in [0.4, 0.5) is 0 Å². The predicted octanol–water partition coefficient (Wildman–Crippen LogP) is 6.51. The van der Waals surface area contributed by atoms with Gasteiger partial charge < -0.3 is 19.8 Å². The van der Waals surface area contributed by atoms with Crippen LogP contribution < -0.4 is 10.2 Å². The fourth-order valence-electron chi connectivity index (χ4n) is 4.86. The van der Waals surface area contributed by atoms with Crippen LogP contribution >= 0.6 is 0 Å². The van der Waals surface area contributed by atoms with E-state index in [0.717, 1.165) is 36.8 Å². The minimum absolute atomic E-state index is 0. The van der Waals surface area contributed by atoms with Gasteiger partial charge in [0.1, 0.15) is 0 Å². The van der Waals surface area contributed by atoms with Crippen molar-refractivity contribution >= 4 is 49.7 Å². The molecule has 2 rings (SSSR count). The van der Waals surface area contributed by atoms with Gasteiger partial charge >= 0.3 is 37.7 Å². The zero-order valence-electron chi connectivity index (χ0n) is 25.0. The van der Waals surface area contributed by atoms with Crippen molar-refractivity contribution in [1.29, 1.82) is 0 Å². The number of hydrogen-bond donors (Lipinski definition) is 0. The average molecular weight is 563 g/mol. The maximum atomic E-state index is 11.5. The fraction of sp³-hybridized carbons (Fsp3) is 0.588. The van der Waals surface area contributed by atoms with Crippen LogP contribution in [0.1, 0.15) is 129 Å². The van der Waals surface area contributed by atoms with Crippen LogP contribution in [0.25, 0.3) is 0 Å². The number of rotatable bonds is 18. The van der Waals surface area contributed by atoms with Crippen molar-refractivity contribution in [3.8, 4) is 0 Å². The molecule has 0 aliphatic rings. The zero-order chi connectivity index (χ0) is 28.3. The number of carbonyl (C=O) groups is 2. The maximum absolute atomic E-state index is 11.5. The second-order valence-electron chi connectivity index (χ2n) is 11.0. The first-order chi connectivity index (χ1) is 18.2. The van der Waals surface area contributed by atoms with E-state index in [0.29, 0.717) is 12.8 Å². The summed E-state index contributed by atoms with van der Waals surface area (Å²) in [5.41, 5.74) is -0.00925. The Bertz CT molecular complexity index is 826. The Morgan fingerprint density at radius 1 is 0.538 bits per heavy atom. The summed E-state index contributed by atoms with van der Waals surface area (Å²) >= 11 is 0. The minimum Gasteiger partial charge on any atom is -0.549 e. The van der Waals surface area contributed by atoms with Crippen LogP contribution in [0.3, 0.4) is 0 Å². The first-order valence-corrected chi connectivity index (χ1v) is 14.8. The van der Waals surface area contributed by atoms with Crippen LogP contribution in [0, 0.1) is 0 Å². The van der Waals surface area contributed by atoms with E-state index in [2.05, 4.69) is 13.8 Å². The summed E-state index contributed by atoms with van der Waals surface area (Å²) in [5.74, 6) is -1.93. The van der Waals surface area contributed by atoms with Crippen molar-refractivity contribution in [3.05, 3.63) is 71.8 Å². The second-order valence-corrected chi connectivity index (χ2v) is 11.0. The van der Waals surface area contributed by atoms with Crippen LogP contribution in [0.5, 0.6) is 0 Å². The van der Waals surface area contributed by atoms with Gasteiger partial charge in [0, 0.05) is 10.8 Å². The van der Waals surface area contributed by atoms with Gasteiger partial charge in [0.25, 0.3) is 0 Å². The molecule has 0 fully saturated rings. The molecular formula is C34H50CaO4. The van der Waals surface area contributed by atoms with Gasteiger partial charge in [-0.1, -0.05) is 165 Å². The van der Waals surface area contributed by atoms with Gasteiger partial charge in [-0.2, -0.15) is 0 Å². The number of benzene rings is 2. The molecule has 0 saturated carbocycles. The Hall–Kier alpha value is -1.36. The van der Waals surface area contributed by atoms with Crippen LogP contribution in [-0.4, -0.2) is 49.7 Å². The number of unbranched alkanes of at least 4 members (excludes halogenated alkanes) is 10. The number of aliphatic carboxylic acids is 2. The molecule has 0 spiro atoms. The van der Waals surface area contributed by atoms with E-state index in [1.807, 2.05) is 60.7 Å². The molecule has 0 amide bonds. The zero-order valence-corrected chi connectivity index (χ0v) is 27.2. The third kappa shape index (κ3) is 13.7. The maximum Gasteiger partial charge on any atom is 2.00 e. The first kappa shape index (κ1) is 37.6. The van der Waals surface area contributed by atoms with Crippen molar-refractivity contribution in [2.24, 2.45) is 0 Å². The Morgan fingerprint density at radius 3 is 1.10 bits per heavy atom. The first-order valence-electron chi connectivity index (χ1n) is 14.8. The molecule has 5 heteroatoms. The molecule has 2 atom stereocenters. The smallest absolute Gasteiger partial charge is 0.549 e. The van der Waals surface area contributed by atoms with Gasteiger partial charge in [-0.05, 0) is 24.0 Å². The number of hydrogen-bond acceptors (Lipinski definition) is 4. The Kier molecular flexibility index (Phi) is 20.6. The fourth-order valence-corrected chi connectivity index (χ4v) is 4.86. The van der Waals surface area contributed by atoms with Gasteiger partial charge in [0.05, 0.1) is 11.9 Å². The normalized spacial score (nSPS) is 13.6. The molecule has 0 aliphatic carbocycles. The second kappa shape index (κ2) is 21.4. The van der Waals surface area contributed by atoms with Gasteiger partial charge in [-0.3, -0.25) is 0 Å². The summed E-state index contributed by atoms with van der Waals surface area (Å²) in [6.45, 7) is 7.96. The number of carboxylic acid groups (broad SMARTS) is 2. The molecule has 2 aromatic carbocycles. The van der Waals surface area contributed by atoms with Crippen molar-refractivity contribution in [2.75, 3.05) is 0 Å². The van der Waals surface area contributed by atoms with Gasteiger partial charge in [0.15, 0.2) is 0 Å². The number of carbonyl (C=O) groups excluding carboxylic acids is 2. The average Bonchev–Trinajstić information content (AvgIpc) is 2.93. The monoisotopic (exact) mass is 562 g/mol. The van der Waals surface area contributed by atoms with E-state index < -0.39 is 22.8 Å². The van der Waals surface area contributed by atoms with Gasteiger partial charge in [0.2, 0.25) is 0 Å². The minimum atomic E-state index is -0.966. The summed E-state index contributed by atoms with van der Waals surface area (Å²) < 4.78 is 0. The topological polar surface area (TPSA) is 80.3 Å². The molecule has 0 saturated heterocycles. The van der Waals surface area contributed by atoms with E-state index in [4.69, 9.17) is 0 Å². The molecule has 2 unspecified atom stereocenters. The Morgan fingerprint density at radius 2 is 0.821 bits per heavy atom. The third-order valence-electron chi connectivity index (χ3n) is 7.78. The van der Waals surface area contributed by atoms with Crippen LogP contribution in [-0.2, 0) is 20.4 Å². The van der Waals surface area contributed by atoms with Crippen molar-refractivity contribution in [2.45, 2.75) is 128 Å². The molecule has 0 aliphatic heterocycles. The molecule has 4 nitrogen and oxygen atoms in total. The summed E-state index contributed by atoms with van der Waals surface area (Å²) in [6.07, 6.45) is 15.4. The largest absolute Gasteiger partial charge is 2.00 e. The predicted molar refractivity (Wildman–Crippen MR) is 159 cm³/mol. The summed E-state index contributed by atoms with van der Waals surface area (Å²) in [6, 6.07) is 18.9. The van der Waals surface area contributed by atoms with Crippen LogP contribution in [0.2, 0.25) is 0 Å². The summed E-state index contributed by atoms with van der Waals surface area (Å²) in [7, 11) is 0. The third-order valence-corrected chi connectivity index (χ3v) is 7.78. The van der Waals surface area contributed by atoms with Gasteiger partial charge in [-0.15, -0.1) is 0 Å². The molecule has 2 aromatic rings. The van der Waals surface area contributed by atoms with Crippen molar-refractivity contribution in [1.82, 2.24) is 0 Å². The molecule has 0 N–H and O–H groups in total. The van der Waals surface area contributed by atoms with E-state index in [1.165, 1.54) is 51.4 Å². The van der Waals surface area contributed by atoms with Crippen LogP contribution in [0.15, 0.2) is 60.7 Å². The molecule has 39 heavy (non-hydrogen) atoms. The molecule has 0 aromatic heterocycles. The summed E-state index contributed by atoms with van der Waals surface area (Å²) in [5, 5.41) is 23.0. The van der Waals surface area contributed by atoms with E-state index in [-0.39, 0.29) is 37.7 Å². The van der Waals surface area contributed by atoms with Gasteiger partial charge in [-0.25, -0.2) is 0 Å². The standard InChI is InChI=1S/2C17H26O2.Ca/c2*1-3-4-5-6-7-11-14-17(2,16(18)19)15-12-9-8-10-13-15;/h2*8-10,12-13H,3-7,11,14H2,1-2H3,(H,18,19);/q;;+2/p-2. The van der Waals surface area contributed by atoms with E-state index in [1.54, 1.807) is 13.8 Å². The Labute approximate surface area is 268 Å².